The Morgan fingerprint density at radius 1 is 0.533 bits per heavy atom. The van der Waals surface area contributed by atoms with Crippen LogP contribution in [0.2, 0.25) is 0 Å². The summed E-state index contributed by atoms with van der Waals surface area (Å²) in [5.74, 6) is 1.20. The fourth-order valence-corrected chi connectivity index (χ4v) is 8.48. The maximum absolute atomic E-state index is 3.88. The monoisotopic (exact) mass is 904 g/mol. The van der Waals surface area contributed by atoms with Crippen LogP contribution in [-0.4, -0.2) is 3.21 Å². The molecule has 0 saturated carbocycles. The maximum Gasteiger partial charge on any atom is -0.172 e. The second-order valence-corrected chi connectivity index (χ2v) is 19.5. The van der Waals surface area contributed by atoms with Crippen LogP contribution >= 0.6 is 0 Å². The molecule has 7 aromatic carbocycles. The van der Waals surface area contributed by atoms with Gasteiger partial charge in [0, 0.05) is 0 Å². The van der Waals surface area contributed by atoms with E-state index in [-0.39, 0.29) is 35.6 Å². The predicted octanol–water partition coefficient (Wildman–Crippen LogP) is 9.45. The molecule has 0 aliphatic heterocycles. The van der Waals surface area contributed by atoms with Gasteiger partial charge in [0.1, 0.15) is 0 Å². The van der Waals surface area contributed by atoms with E-state index in [4.69, 9.17) is 0 Å². The zero-order valence-corrected chi connectivity index (χ0v) is 41.1. The molecule has 7 aromatic rings. The van der Waals surface area contributed by atoms with Crippen molar-refractivity contribution in [1.29, 1.82) is 0 Å². The van der Waals surface area contributed by atoms with Crippen molar-refractivity contribution in [3.05, 3.63) is 208 Å². The Morgan fingerprint density at radius 3 is 1.40 bits per heavy atom. The van der Waals surface area contributed by atoms with Crippen molar-refractivity contribution in [3.8, 4) is 33.4 Å². The number of hydrogen-bond donors (Lipinski definition) is 0. The molecule has 0 nitrogen and oxygen atoms in total. The molecule has 0 unspecified atom stereocenters. The number of rotatable bonds is 6. The summed E-state index contributed by atoms with van der Waals surface area (Å²) in [6.07, 6.45) is 0.944. The van der Waals surface area contributed by atoms with Crippen LogP contribution in [0, 0.1) is 6.07 Å². The van der Waals surface area contributed by atoms with Gasteiger partial charge in [-0.3, -0.25) is 0 Å². The summed E-state index contributed by atoms with van der Waals surface area (Å²) in [5.41, 5.74) is 19.0. The van der Waals surface area contributed by atoms with E-state index in [1.54, 1.807) is 0 Å². The normalized spacial score (nSPS) is 11.6. The zero-order valence-electron chi connectivity index (χ0n) is 37.1. The zero-order chi connectivity index (χ0) is 41.6. The Hall–Kier alpha value is -4.00. The Labute approximate surface area is 389 Å². The third-order valence-corrected chi connectivity index (χ3v) is 12.5. The van der Waals surface area contributed by atoms with Crippen molar-refractivity contribution in [3.63, 3.8) is 0 Å². The largest absolute Gasteiger partial charge is 1.00 e. The molecule has 60 heavy (non-hydrogen) atoms. The third kappa shape index (κ3) is 11.9. The van der Waals surface area contributed by atoms with Gasteiger partial charge in [-0.15, -0.1) is 28.8 Å². The van der Waals surface area contributed by atoms with E-state index in [9.17, 15) is 0 Å². The van der Waals surface area contributed by atoms with Crippen LogP contribution in [0.15, 0.2) is 158 Å². The third-order valence-electron chi connectivity index (χ3n) is 11.1. The van der Waals surface area contributed by atoms with Gasteiger partial charge >= 0.3 is 138 Å². The smallest absolute Gasteiger partial charge is 0.172 e. The number of hydrogen-bond acceptors (Lipinski definition) is 0. The van der Waals surface area contributed by atoms with Crippen LogP contribution < -0.4 is 24.8 Å². The van der Waals surface area contributed by atoms with Gasteiger partial charge in [-0.05, 0) is 39.5 Å². The van der Waals surface area contributed by atoms with Crippen molar-refractivity contribution in [2.75, 3.05) is 0 Å². The summed E-state index contributed by atoms with van der Waals surface area (Å²) in [7, 11) is 0. The number of halogens is 2. The van der Waals surface area contributed by atoms with Crippen LogP contribution in [0.3, 0.4) is 0 Å². The van der Waals surface area contributed by atoms with Gasteiger partial charge in [0.2, 0.25) is 0 Å². The van der Waals surface area contributed by atoms with Gasteiger partial charge in [-0.2, -0.15) is 18.2 Å². The quantitative estimate of drug-likeness (QED) is 0.146. The van der Waals surface area contributed by atoms with Crippen LogP contribution in [0.1, 0.15) is 126 Å². The van der Waals surface area contributed by atoms with Gasteiger partial charge in [0.15, 0.2) is 0 Å². The van der Waals surface area contributed by atoms with E-state index in [0.29, 0.717) is 11.8 Å². The average molecular weight is 907 g/mol. The first-order chi connectivity index (χ1) is 27.6. The molecule has 0 radical (unpaired) electrons. The van der Waals surface area contributed by atoms with Gasteiger partial charge in [0.05, 0.1) is 0 Å². The molecule has 308 valence electrons. The minimum Gasteiger partial charge on any atom is -1.00 e. The molecule has 0 N–H and O–H groups in total. The molecule has 0 bridgehead atoms. The SMILES string of the molecule is CC(C)(C)c1cc2c([c-]c1-c1ccccc1)Cc1cc(-c3ccccc3)c(C(C)(C)C)cc1-2.CC(C)c1ccc([C](=[Zr+2])c2ccc(C(C)C)cc2)cc1.[Cl-].[Cl-].c1cc[cH-]c1. The first-order valence-corrected chi connectivity index (χ1v) is 22.2. The summed E-state index contributed by atoms with van der Waals surface area (Å²) in [5, 5.41) is 0. The number of fused-ring (bicyclic) bond motifs is 3. The maximum atomic E-state index is 3.88. The minimum atomic E-state index is 0. The van der Waals surface area contributed by atoms with Gasteiger partial charge in [-0.25, -0.2) is 12.1 Å². The topological polar surface area (TPSA) is 0 Å². The van der Waals surface area contributed by atoms with Crippen LogP contribution in [0.5, 0.6) is 0 Å². The molecule has 1 aliphatic carbocycles. The van der Waals surface area contributed by atoms with Crippen molar-refractivity contribution in [1.82, 2.24) is 0 Å². The summed E-state index contributed by atoms with van der Waals surface area (Å²) < 4.78 is 1.43. The summed E-state index contributed by atoms with van der Waals surface area (Å²) in [6, 6.07) is 60.9. The predicted molar refractivity (Wildman–Crippen MR) is 248 cm³/mol. The second-order valence-electron chi connectivity index (χ2n) is 18.3. The molecule has 0 atom stereocenters. The first kappa shape index (κ1) is 48.7. The molecule has 3 heteroatoms. The van der Waals surface area contributed by atoms with Crippen LogP contribution in [-0.2, 0) is 41.5 Å². The van der Waals surface area contributed by atoms with E-state index in [2.05, 4.69) is 203 Å². The Balaban J connectivity index is 0.000000250. The fraction of sp³-hybridized carbons (Fsp3) is 0.263. The summed E-state index contributed by atoms with van der Waals surface area (Å²) in [6.45, 7) is 22.8. The average Bonchev–Trinajstić information content (AvgIpc) is 3.92. The van der Waals surface area contributed by atoms with Crippen molar-refractivity contribution >= 4 is 3.21 Å². The molecule has 0 heterocycles. The summed E-state index contributed by atoms with van der Waals surface area (Å²) in [4.78, 5) is 0. The van der Waals surface area contributed by atoms with E-state index < -0.39 is 0 Å². The first-order valence-electron chi connectivity index (χ1n) is 21.0. The Morgan fingerprint density at radius 2 is 0.983 bits per heavy atom. The molecule has 0 fully saturated rings. The van der Waals surface area contributed by atoms with E-state index in [1.807, 2.05) is 30.3 Å². The molecule has 0 aromatic heterocycles. The molecular weight excluding hydrogens is 847 g/mol. The van der Waals surface area contributed by atoms with Crippen molar-refractivity contribution in [2.24, 2.45) is 0 Å². The van der Waals surface area contributed by atoms with E-state index in [1.165, 1.54) is 105 Å². The number of benzene rings is 6. The van der Waals surface area contributed by atoms with E-state index >= 15 is 0 Å². The van der Waals surface area contributed by atoms with Gasteiger partial charge in [-0.1, -0.05) is 131 Å². The standard InChI is InChI=1S/C33H33.C19H22.C5H5.2ClH.Zr/c1-32(2,3)30-20-26-24(18-28(30)22-13-9-7-10-14-22)17-25-19-29(23-15-11-8-12-16-23)31(21-27(25)26)33(4,5)6;1-14(2)18-9-5-16(6-10-18)13-17-7-11-19(12-8-17)15(3)4;1-2-4-5-3-1;;;/h7-16,18,20-21H,17H2,1-6H3;5-12,14-15H,1-4H3;1-5H;2*1H;/q-1;;-1;;;+2/p-2. The Bertz CT molecular complexity index is 2230. The van der Waals surface area contributed by atoms with Crippen molar-refractivity contribution < 1.29 is 49.0 Å². The Kier molecular flexibility index (Phi) is 17.2. The fourth-order valence-electron chi connectivity index (χ4n) is 7.66. The van der Waals surface area contributed by atoms with Gasteiger partial charge in [0.25, 0.3) is 0 Å². The summed E-state index contributed by atoms with van der Waals surface area (Å²) >= 11 is 1.47. The molecule has 8 rings (SSSR count). The van der Waals surface area contributed by atoms with Crippen molar-refractivity contribution in [2.45, 2.75) is 98.3 Å². The molecule has 1 aliphatic rings. The van der Waals surface area contributed by atoms with Crippen LogP contribution in [0.4, 0.5) is 0 Å². The molecular formula is C57H60Cl2Zr-2. The van der Waals surface area contributed by atoms with Crippen LogP contribution in [0.25, 0.3) is 33.4 Å². The van der Waals surface area contributed by atoms with E-state index in [0.717, 1.165) is 6.42 Å². The van der Waals surface area contributed by atoms with Gasteiger partial charge < -0.3 is 24.8 Å². The molecule has 0 spiro atoms. The molecule has 0 saturated heterocycles. The minimum absolute atomic E-state index is 0. The second kappa shape index (κ2) is 21.2. The molecule has 0 amide bonds.